The van der Waals surface area contributed by atoms with E-state index in [4.69, 9.17) is 4.74 Å². The largest absolute Gasteiger partial charge is 0.487 e. The third-order valence-corrected chi connectivity index (χ3v) is 2.99. The maximum absolute atomic E-state index is 13.3. The van der Waals surface area contributed by atoms with Gasteiger partial charge in [-0.1, -0.05) is 0 Å². The van der Waals surface area contributed by atoms with Crippen LogP contribution in [0.15, 0.2) is 6.07 Å². The summed E-state index contributed by atoms with van der Waals surface area (Å²) in [5, 5.41) is 3.13. The molecule has 1 heterocycles. The summed E-state index contributed by atoms with van der Waals surface area (Å²) < 4.78 is 57.3. The molecule has 1 aliphatic rings. The summed E-state index contributed by atoms with van der Waals surface area (Å²) in [6, 6.07) is 0.169. The van der Waals surface area contributed by atoms with Gasteiger partial charge in [-0.25, -0.2) is 8.78 Å². The molecule has 0 unspecified atom stereocenters. The second-order valence-electron chi connectivity index (χ2n) is 4.30. The van der Waals surface area contributed by atoms with Crippen LogP contribution >= 0.6 is 0 Å². The summed E-state index contributed by atoms with van der Waals surface area (Å²) in [7, 11) is 0. The molecule has 18 heavy (non-hydrogen) atoms. The van der Waals surface area contributed by atoms with Crippen LogP contribution in [0.2, 0.25) is 0 Å². The van der Waals surface area contributed by atoms with Gasteiger partial charge in [0.05, 0.1) is 6.61 Å². The summed E-state index contributed by atoms with van der Waals surface area (Å²) in [5.41, 5.74) is 0. The van der Waals surface area contributed by atoms with E-state index >= 15 is 0 Å². The highest BCUT2D eigenvalue weighted by molar-refractivity contribution is 5.28. The van der Waals surface area contributed by atoms with E-state index in [1.54, 1.807) is 0 Å². The second kappa shape index (κ2) is 5.56. The van der Waals surface area contributed by atoms with Crippen molar-refractivity contribution in [2.45, 2.75) is 12.8 Å². The van der Waals surface area contributed by atoms with E-state index in [9.17, 15) is 17.6 Å². The average Bonchev–Trinajstić information content (AvgIpc) is 2.38. The Bertz CT molecular complexity index is 406. The Kier molecular flexibility index (Phi) is 4.06. The molecule has 2 rings (SSSR count). The van der Waals surface area contributed by atoms with Crippen molar-refractivity contribution in [2.24, 2.45) is 5.92 Å². The van der Waals surface area contributed by atoms with Gasteiger partial charge >= 0.3 is 0 Å². The van der Waals surface area contributed by atoms with Crippen LogP contribution < -0.4 is 10.1 Å². The van der Waals surface area contributed by atoms with Crippen LogP contribution in [0.25, 0.3) is 0 Å². The standard InChI is InChI=1S/C12H13F4NO/c13-8-5-9(14)11(16)12(10(8)15)18-6-7-1-3-17-4-2-7/h5,7,17H,1-4,6H2. The maximum Gasteiger partial charge on any atom is 0.203 e. The van der Waals surface area contributed by atoms with E-state index in [1.807, 2.05) is 0 Å². The molecule has 2 nitrogen and oxygen atoms in total. The third-order valence-electron chi connectivity index (χ3n) is 2.99. The van der Waals surface area contributed by atoms with Gasteiger partial charge in [0.25, 0.3) is 0 Å². The minimum Gasteiger partial charge on any atom is -0.487 e. The van der Waals surface area contributed by atoms with Crippen molar-refractivity contribution in [1.29, 1.82) is 0 Å². The van der Waals surface area contributed by atoms with Crippen molar-refractivity contribution in [3.63, 3.8) is 0 Å². The molecule has 0 amide bonds. The highest BCUT2D eigenvalue weighted by Gasteiger charge is 2.22. The van der Waals surface area contributed by atoms with Crippen molar-refractivity contribution in [3.8, 4) is 5.75 Å². The number of ether oxygens (including phenoxy) is 1. The number of benzene rings is 1. The molecule has 0 atom stereocenters. The molecule has 0 spiro atoms. The molecule has 1 fully saturated rings. The lowest BCUT2D eigenvalue weighted by molar-refractivity contribution is 0.196. The highest BCUT2D eigenvalue weighted by Crippen LogP contribution is 2.27. The molecule has 6 heteroatoms. The Hall–Kier alpha value is -1.30. The zero-order valence-corrected chi connectivity index (χ0v) is 9.61. The first-order valence-corrected chi connectivity index (χ1v) is 5.76. The minimum absolute atomic E-state index is 0.0540. The molecule has 0 aromatic heterocycles. The molecule has 1 saturated heterocycles. The third kappa shape index (κ3) is 2.75. The normalized spacial score (nSPS) is 16.9. The predicted molar refractivity (Wildman–Crippen MR) is 57.4 cm³/mol. The van der Waals surface area contributed by atoms with Gasteiger partial charge in [0.2, 0.25) is 11.6 Å². The van der Waals surface area contributed by atoms with Gasteiger partial charge in [-0.15, -0.1) is 0 Å². The molecule has 1 N–H and O–H groups in total. The monoisotopic (exact) mass is 263 g/mol. The van der Waals surface area contributed by atoms with Gasteiger partial charge < -0.3 is 10.1 Å². The maximum atomic E-state index is 13.3. The SMILES string of the molecule is Fc1cc(F)c(F)c(OCC2CCNCC2)c1F. The molecular formula is C12H13F4NO. The molecule has 0 saturated carbocycles. The van der Waals surface area contributed by atoms with Crippen molar-refractivity contribution in [2.75, 3.05) is 19.7 Å². The van der Waals surface area contributed by atoms with Crippen LogP contribution in [0.1, 0.15) is 12.8 Å². The van der Waals surface area contributed by atoms with Crippen LogP contribution in [0.5, 0.6) is 5.75 Å². The van der Waals surface area contributed by atoms with Gasteiger partial charge in [-0.2, -0.15) is 8.78 Å². The molecule has 1 aliphatic heterocycles. The van der Waals surface area contributed by atoms with Crippen LogP contribution in [0.3, 0.4) is 0 Å². The van der Waals surface area contributed by atoms with Crippen molar-refractivity contribution in [3.05, 3.63) is 29.3 Å². The summed E-state index contributed by atoms with van der Waals surface area (Å²) in [6.07, 6.45) is 1.61. The number of nitrogens with one attached hydrogen (secondary N) is 1. The average molecular weight is 263 g/mol. The van der Waals surface area contributed by atoms with Gasteiger partial charge in [0, 0.05) is 6.07 Å². The van der Waals surface area contributed by atoms with Crippen LogP contribution in [-0.4, -0.2) is 19.7 Å². The molecular weight excluding hydrogens is 250 g/mol. The second-order valence-corrected chi connectivity index (χ2v) is 4.30. The fourth-order valence-corrected chi connectivity index (χ4v) is 1.93. The molecule has 1 aromatic rings. The van der Waals surface area contributed by atoms with Crippen LogP contribution in [0.4, 0.5) is 17.6 Å². The fourth-order valence-electron chi connectivity index (χ4n) is 1.93. The van der Waals surface area contributed by atoms with Crippen LogP contribution in [0, 0.1) is 29.2 Å². The summed E-state index contributed by atoms with van der Waals surface area (Å²) in [6.45, 7) is 1.66. The van der Waals surface area contributed by atoms with Crippen molar-refractivity contribution in [1.82, 2.24) is 5.32 Å². The fraction of sp³-hybridized carbons (Fsp3) is 0.500. The lowest BCUT2D eigenvalue weighted by atomic mass is 9.99. The number of piperidine rings is 1. The number of hydrogen-bond acceptors (Lipinski definition) is 2. The van der Waals surface area contributed by atoms with E-state index in [0.29, 0.717) is 0 Å². The highest BCUT2D eigenvalue weighted by atomic mass is 19.2. The molecule has 1 aromatic carbocycles. The zero-order chi connectivity index (χ0) is 13.1. The van der Waals surface area contributed by atoms with E-state index < -0.39 is 29.0 Å². The van der Waals surface area contributed by atoms with E-state index in [2.05, 4.69) is 5.32 Å². The Balaban J connectivity index is 2.08. The van der Waals surface area contributed by atoms with E-state index in [0.717, 1.165) is 25.9 Å². The summed E-state index contributed by atoms with van der Waals surface area (Å²) >= 11 is 0. The first kappa shape index (κ1) is 13.1. The quantitative estimate of drug-likeness (QED) is 0.668. The first-order valence-electron chi connectivity index (χ1n) is 5.76. The zero-order valence-electron chi connectivity index (χ0n) is 9.61. The molecule has 100 valence electrons. The van der Waals surface area contributed by atoms with Gasteiger partial charge in [-0.05, 0) is 31.8 Å². The Morgan fingerprint density at radius 1 is 1.06 bits per heavy atom. The number of rotatable bonds is 3. The van der Waals surface area contributed by atoms with Crippen molar-refractivity contribution >= 4 is 0 Å². The number of hydrogen-bond donors (Lipinski definition) is 1. The topological polar surface area (TPSA) is 21.3 Å². The van der Waals surface area contributed by atoms with E-state index in [-0.39, 0.29) is 18.6 Å². The number of halogens is 4. The Morgan fingerprint density at radius 3 is 2.17 bits per heavy atom. The molecule has 0 aliphatic carbocycles. The Morgan fingerprint density at radius 2 is 1.61 bits per heavy atom. The minimum atomic E-state index is -1.48. The lowest BCUT2D eigenvalue weighted by Gasteiger charge is -2.22. The molecule has 0 bridgehead atoms. The summed E-state index contributed by atoms with van der Waals surface area (Å²) in [4.78, 5) is 0. The lowest BCUT2D eigenvalue weighted by Crippen LogP contribution is -2.30. The summed E-state index contributed by atoms with van der Waals surface area (Å²) in [5.74, 6) is -6.70. The van der Waals surface area contributed by atoms with Gasteiger partial charge in [-0.3, -0.25) is 0 Å². The smallest absolute Gasteiger partial charge is 0.203 e. The van der Waals surface area contributed by atoms with Gasteiger partial charge in [0.1, 0.15) is 0 Å². The van der Waals surface area contributed by atoms with Crippen LogP contribution in [-0.2, 0) is 0 Å². The predicted octanol–water partition coefficient (Wildman–Crippen LogP) is 2.62. The molecule has 0 radical (unpaired) electrons. The van der Waals surface area contributed by atoms with Crippen molar-refractivity contribution < 1.29 is 22.3 Å². The van der Waals surface area contributed by atoms with Gasteiger partial charge in [0.15, 0.2) is 17.4 Å². The first-order chi connectivity index (χ1) is 8.59. The Labute approximate surface area is 102 Å². The van der Waals surface area contributed by atoms with E-state index in [1.165, 1.54) is 0 Å².